The van der Waals surface area contributed by atoms with Crippen molar-refractivity contribution in [2.45, 2.75) is 27.7 Å². The van der Waals surface area contributed by atoms with Crippen LogP contribution in [0.4, 0.5) is 0 Å². The Morgan fingerprint density at radius 1 is 0.783 bits per heavy atom. The van der Waals surface area contributed by atoms with Crippen molar-refractivity contribution in [3.8, 4) is 11.1 Å². The molecule has 0 aliphatic heterocycles. The Balaban J connectivity index is 2.43. The number of rotatable bonds is 8. The van der Waals surface area contributed by atoms with Crippen LogP contribution in [0.5, 0.6) is 0 Å². The summed E-state index contributed by atoms with van der Waals surface area (Å²) < 4.78 is 18.0. The highest BCUT2D eigenvalue weighted by Gasteiger charge is 2.43. The van der Waals surface area contributed by atoms with Gasteiger partial charge < -0.3 is 13.3 Å². The molecule has 0 radical (unpaired) electrons. The lowest BCUT2D eigenvalue weighted by Gasteiger charge is -2.29. The predicted octanol–water partition coefficient (Wildman–Crippen LogP) is 3.92. The number of aryl methyl sites for hydroxylation is 1. The van der Waals surface area contributed by atoms with Gasteiger partial charge in [-0.3, -0.25) is 0 Å². The van der Waals surface area contributed by atoms with Gasteiger partial charge in [0.2, 0.25) is 0 Å². The van der Waals surface area contributed by atoms with Crippen LogP contribution in [-0.2, 0) is 13.3 Å². The van der Waals surface area contributed by atoms with Gasteiger partial charge in [-0.2, -0.15) is 0 Å². The maximum Gasteiger partial charge on any atom is 0.537 e. The van der Waals surface area contributed by atoms with E-state index in [1.165, 1.54) is 16.7 Å². The lowest BCUT2D eigenvalue weighted by Crippen LogP contribution is -2.57. The van der Waals surface area contributed by atoms with Crippen LogP contribution >= 0.6 is 0 Å². The molecule has 0 saturated carbocycles. The van der Waals surface area contributed by atoms with Gasteiger partial charge in [-0.05, 0) is 44.4 Å². The van der Waals surface area contributed by atoms with E-state index < -0.39 is 8.80 Å². The van der Waals surface area contributed by atoms with Crippen LogP contribution in [0.2, 0.25) is 0 Å². The summed E-state index contributed by atoms with van der Waals surface area (Å²) in [6, 6.07) is 16.8. The molecule has 0 atom stereocenters. The molecule has 0 bridgehead atoms. The second-order valence-electron chi connectivity index (χ2n) is 5.25. The minimum Gasteiger partial charge on any atom is -0.370 e. The molecule has 2 rings (SSSR count). The molecule has 4 heteroatoms. The zero-order chi connectivity index (χ0) is 16.7. The largest absolute Gasteiger partial charge is 0.537 e. The summed E-state index contributed by atoms with van der Waals surface area (Å²) in [6.45, 7) is 9.78. The Morgan fingerprint density at radius 3 is 1.83 bits per heavy atom. The van der Waals surface area contributed by atoms with Crippen LogP contribution in [0, 0.1) is 6.92 Å². The van der Waals surface area contributed by atoms with Crippen LogP contribution < -0.4 is 5.19 Å². The molecular weight excluding hydrogens is 304 g/mol. The Hall–Kier alpha value is -1.46. The lowest BCUT2D eigenvalue weighted by molar-refractivity contribution is 0.0859. The van der Waals surface area contributed by atoms with Crippen molar-refractivity contribution < 1.29 is 13.3 Å². The van der Waals surface area contributed by atoms with Crippen molar-refractivity contribution in [3.63, 3.8) is 0 Å². The Labute approximate surface area is 140 Å². The fourth-order valence-electron chi connectivity index (χ4n) is 2.74. The second kappa shape index (κ2) is 8.41. The normalized spacial score (nSPS) is 11.7. The first-order valence-corrected chi connectivity index (χ1v) is 9.97. The van der Waals surface area contributed by atoms with Crippen LogP contribution in [0.3, 0.4) is 0 Å². The quantitative estimate of drug-likeness (QED) is 0.687. The van der Waals surface area contributed by atoms with Gasteiger partial charge in [-0.1, -0.05) is 48.5 Å². The van der Waals surface area contributed by atoms with Gasteiger partial charge in [0.1, 0.15) is 0 Å². The van der Waals surface area contributed by atoms with Gasteiger partial charge >= 0.3 is 8.80 Å². The van der Waals surface area contributed by atoms with Crippen molar-refractivity contribution in [2.75, 3.05) is 19.8 Å². The van der Waals surface area contributed by atoms with Crippen LogP contribution in [0.15, 0.2) is 48.5 Å². The average Bonchev–Trinajstić information content (AvgIpc) is 2.56. The van der Waals surface area contributed by atoms with Crippen molar-refractivity contribution in [1.29, 1.82) is 0 Å². The topological polar surface area (TPSA) is 27.7 Å². The van der Waals surface area contributed by atoms with Gasteiger partial charge in [0.15, 0.2) is 0 Å². The summed E-state index contributed by atoms with van der Waals surface area (Å²) in [6.07, 6.45) is 0. The highest BCUT2D eigenvalue weighted by Crippen LogP contribution is 2.23. The molecule has 0 N–H and O–H groups in total. The van der Waals surface area contributed by atoms with Crippen molar-refractivity contribution in [2.24, 2.45) is 0 Å². The summed E-state index contributed by atoms with van der Waals surface area (Å²) in [7, 11) is -2.83. The predicted molar refractivity (Wildman–Crippen MR) is 96.9 cm³/mol. The molecule has 0 heterocycles. The van der Waals surface area contributed by atoms with Crippen molar-refractivity contribution >= 4 is 14.0 Å². The molecule has 0 aromatic heterocycles. The smallest absolute Gasteiger partial charge is 0.370 e. The first-order chi connectivity index (χ1) is 11.2. The summed E-state index contributed by atoms with van der Waals surface area (Å²) in [5.41, 5.74) is 3.64. The summed E-state index contributed by atoms with van der Waals surface area (Å²) in [5, 5.41) is 1.03. The Morgan fingerprint density at radius 2 is 1.35 bits per heavy atom. The SMILES string of the molecule is CCO[Si](OCC)(OCC)c1ccc(-c2ccccc2)c(C)c1. The fourth-order valence-corrected chi connectivity index (χ4v) is 5.31. The average molecular weight is 331 g/mol. The lowest BCUT2D eigenvalue weighted by atomic mass is 10.0. The highest BCUT2D eigenvalue weighted by atomic mass is 28.4. The first-order valence-electron chi connectivity index (χ1n) is 8.25. The van der Waals surface area contributed by atoms with E-state index in [0.717, 1.165) is 5.19 Å². The first kappa shape index (κ1) is 17.9. The maximum atomic E-state index is 5.99. The van der Waals surface area contributed by atoms with Gasteiger partial charge in [0.05, 0.1) is 0 Å². The number of hydrogen-bond acceptors (Lipinski definition) is 3. The van der Waals surface area contributed by atoms with Crippen molar-refractivity contribution in [3.05, 3.63) is 54.1 Å². The molecule has 0 unspecified atom stereocenters. The fraction of sp³-hybridized carbons (Fsp3) is 0.368. The molecule has 0 fully saturated rings. The third-order valence-electron chi connectivity index (χ3n) is 3.67. The standard InChI is InChI=1S/C19H26O3Si/c1-5-20-23(21-6-2,22-7-3)18-13-14-19(16(4)15-18)17-11-9-8-10-12-17/h8-15H,5-7H2,1-4H3. The van der Waals surface area contributed by atoms with Gasteiger partial charge in [-0.25, -0.2) is 0 Å². The zero-order valence-electron chi connectivity index (χ0n) is 14.5. The Bertz CT molecular complexity index is 596. The molecule has 124 valence electrons. The molecule has 0 aliphatic carbocycles. The van der Waals surface area contributed by atoms with Crippen LogP contribution in [-0.4, -0.2) is 28.6 Å². The minimum atomic E-state index is -2.83. The van der Waals surface area contributed by atoms with E-state index in [1.54, 1.807) is 0 Å². The zero-order valence-corrected chi connectivity index (χ0v) is 15.5. The molecule has 0 spiro atoms. The molecule has 0 amide bonds. The van der Waals surface area contributed by atoms with E-state index in [0.29, 0.717) is 19.8 Å². The monoisotopic (exact) mass is 330 g/mol. The van der Waals surface area contributed by atoms with E-state index in [4.69, 9.17) is 13.3 Å². The molecule has 0 aliphatic rings. The van der Waals surface area contributed by atoms with E-state index in [1.807, 2.05) is 26.8 Å². The van der Waals surface area contributed by atoms with E-state index >= 15 is 0 Å². The van der Waals surface area contributed by atoms with Gasteiger partial charge in [-0.15, -0.1) is 0 Å². The van der Waals surface area contributed by atoms with Crippen LogP contribution in [0.25, 0.3) is 11.1 Å². The molecule has 23 heavy (non-hydrogen) atoms. The van der Waals surface area contributed by atoms with Crippen LogP contribution in [0.1, 0.15) is 26.3 Å². The minimum absolute atomic E-state index is 0.575. The highest BCUT2D eigenvalue weighted by molar-refractivity contribution is 6.75. The van der Waals surface area contributed by atoms with E-state index in [-0.39, 0.29) is 0 Å². The van der Waals surface area contributed by atoms with Crippen molar-refractivity contribution in [1.82, 2.24) is 0 Å². The number of hydrogen-bond donors (Lipinski definition) is 0. The molecule has 2 aromatic carbocycles. The molecule has 0 saturated heterocycles. The molecule has 2 aromatic rings. The second-order valence-corrected chi connectivity index (χ2v) is 7.81. The third kappa shape index (κ3) is 4.09. The Kier molecular flexibility index (Phi) is 6.54. The summed E-state index contributed by atoms with van der Waals surface area (Å²) in [5.74, 6) is 0. The van der Waals surface area contributed by atoms with E-state index in [9.17, 15) is 0 Å². The summed E-state index contributed by atoms with van der Waals surface area (Å²) in [4.78, 5) is 0. The third-order valence-corrected chi connectivity index (χ3v) is 6.69. The molecule has 3 nitrogen and oxygen atoms in total. The van der Waals surface area contributed by atoms with Gasteiger partial charge in [0.25, 0.3) is 0 Å². The summed E-state index contributed by atoms with van der Waals surface area (Å²) >= 11 is 0. The van der Waals surface area contributed by atoms with E-state index in [2.05, 4.69) is 49.4 Å². The molecular formula is C19H26O3Si. The maximum absolute atomic E-state index is 5.99. The number of benzene rings is 2. The van der Waals surface area contributed by atoms with Gasteiger partial charge in [0, 0.05) is 25.0 Å².